The van der Waals surface area contributed by atoms with E-state index in [0.717, 1.165) is 13.1 Å². The average Bonchev–Trinajstić information content (AvgIpc) is 3.25. The first-order valence-electron chi connectivity index (χ1n) is 12.6. The summed E-state index contributed by atoms with van der Waals surface area (Å²) in [4.78, 5) is 11.4. The number of nitrogens with two attached hydrogens (primary N) is 1. The number of benzene rings is 3. The zero-order chi connectivity index (χ0) is 27.8. The third-order valence-electron chi connectivity index (χ3n) is 6.28. The van der Waals surface area contributed by atoms with Crippen molar-refractivity contribution in [2.75, 3.05) is 13.1 Å². The Hall–Kier alpha value is -4.02. The molecular weight excluding hydrogens is 511 g/mol. The van der Waals surface area contributed by atoms with E-state index in [9.17, 15) is 23.1 Å². The lowest BCUT2D eigenvalue weighted by Crippen LogP contribution is -2.35. The summed E-state index contributed by atoms with van der Waals surface area (Å²) in [5.74, 6) is 4.75. The molecule has 0 spiro atoms. The number of fused-ring (bicyclic) bond motifs is 1. The number of halogens is 3. The second kappa shape index (κ2) is 12.7. The number of aromatic carboxylic acids is 1. The van der Waals surface area contributed by atoms with Crippen LogP contribution in [0.3, 0.4) is 0 Å². The van der Waals surface area contributed by atoms with Crippen molar-refractivity contribution in [1.29, 1.82) is 0 Å². The predicted molar refractivity (Wildman–Crippen MR) is 142 cm³/mol. The summed E-state index contributed by atoms with van der Waals surface area (Å²) < 4.78 is 50.4. The van der Waals surface area contributed by atoms with Crippen LogP contribution in [0.4, 0.5) is 13.2 Å². The molecule has 0 aliphatic carbocycles. The van der Waals surface area contributed by atoms with Gasteiger partial charge in [-0.25, -0.2) is 9.80 Å². The molecule has 0 unspecified atom stereocenters. The van der Waals surface area contributed by atoms with E-state index in [2.05, 4.69) is 4.74 Å². The molecule has 4 aromatic rings. The van der Waals surface area contributed by atoms with E-state index in [1.165, 1.54) is 43.5 Å². The minimum atomic E-state index is -4.81. The van der Waals surface area contributed by atoms with Gasteiger partial charge in [0.1, 0.15) is 18.1 Å². The molecule has 7 nitrogen and oxygen atoms in total. The first kappa shape index (κ1) is 28.0. The molecule has 0 bridgehead atoms. The maximum Gasteiger partial charge on any atom is 0.573 e. The van der Waals surface area contributed by atoms with Crippen molar-refractivity contribution in [3.63, 3.8) is 0 Å². The molecule has 1 aromatic heterocycles. The summed E-state index contributed by atoms with van der Waals surface area (Å²) in [6, 6.07) is 21.4. The molecule has 0 radical (unpaired) electrons. The van der Waals surface area contributed by atoms with Crippen LogP contribution in [-0.4, -0.2) is 40.1 Å². The molecule has 5 rings (SSSR count). The fourth-order valence-electron chi connectivity index (χ4n) is 4.39. The number of carbonyl (C=O) groups is 1. The van der Waals surface area contributed by atoms with Crippen molar-refractivity contribution in [3.05, 3.63) is 95.7 Å². The lowest BCUT2D eigenvalue weighted by atomic mass is 10.1. The van der Waals surface area contributed by atoms with Crippen molar-refractivity contribution in [1.82, 2.24) is 9.58 Å². The van der Waals surface area contributed by atoms with Gasteiger partial charge in [-0.3, -0.25) is 5.84 Å². The van der Waals surface area contributed by atoms with Gasteiger partial charge in [-0.2, -0.15) is 0 Å². The molecule has 2 heterocycles. The normalized spacial score (nSPS) is 13.9. The van der Waals surface area contributed by atoms with Gasteiger partial charge in [-0.1, -0.05) is 42.8 Å². The van der Waals surface area contributed by atoms with Crippen LogP contribution in [0.2, 0.25) is 0 Å². The number of para-hydroxylation sites is 2. The van der Waals surface area contributed by atoms with E-state index in [1.807, 2.05) is 23.2 Å². The summed E-state index contributed by atoms with van der Waals surface area (Å²) in [6.07, 6.45) is -0.870. The molecule has 3 N–H and O–H groups in total. The van der Waals surface area contributed by atoms with Gasteiger partial charge in [-0.15, -0.1) is 13.2 Å². The van der Waals surface area contributed by atoms with E-state index in [-0.39, 0.29) is 24.5 Å². The largest absolute Gasteiger partial charge is 0.573 e. The minimum absolute atomic E-state index is 0.0790. The van der Waals surface area contributed by atoms with Crippen molar-refractivity contribution in [2.24, 2.45) is 5.84 Å². The highest BCUT2D eigenvalue weighted by molar-refractivity contribution is 5.94. The Morgan fingerprint density at radius 2 is 1.62 bits per heavy atom. The van der Waals surface area contributed by atoms with Crippen LogP contribution >= 0.6 is 0 Å². The Labute approximate surface area is 224 Å². The van der Waals surface area contributed by atoms with E-state index >= 15 is 0 Å². The maximum absolute atomic E-state index is 12.9. The molecule has 10 heteroatoms. The van der Waals surface area contributed by atoms with Gasteiger partial charge < -0.3 is 19.1 Å². The van der Waals surface area contributed by atoms with Gasteiger partial charge in [0, 0.05) is 29.6 Å². The smallest absolute Gasteiger partial charge is 0.487 e. The highest BCUT2D eigenvalue weighted by atomic mass is 19.4. The monoisotopic (exact) mass is 541 g/mol. The second-order valence-electron chi connectivity index (χ2n) is 9.15. The Morgan fingerprint density at radius 1 is 0.923 bits per heavy atom. The number of piperidine rings is 1. The van der Waals surface area contributed by atoms with E-state index < -0.39 is 12.3 Å². The SMILES string of the molecule is NN1CCCCC1.O=C(O)c1ccc2c(c1)cc(COc1ccccc1)n2Cc1ccccc1OC(F)(F)F. The van der Waals surface area contributed by atoms with Crippen LogP contribution in [0.1, 0.15) is 40.9 Å². The number of rotatable bonds is 7. The lowest BCUT2D eigenvalue weighted by molar-refractivity contribution is -0.274. The molecule has 39 heavy (non-hydrogen) atoms. The maximum atomic E-state index is 12.9. The molecule has 3 aromatic carbocycles. The molecule has 1 aliphatic rings. The van der Waals surface area contributed by atoms with Crippen molar-refractivity contribution in [2.45, 2.75) is 38.8 Å². The zero-order valence-corrected chi connectivity index (χ0v) is 21.2. The van der Waals surface area contributed by atoms with Gasteiger partial charge in [-0.05, 0) is 55.3 Å². The Balaban J connectivity index is 0.000000438. The van der Waals surface area contributed by atoms with Crippen LogP contribution in [0.25, 0.3) is 10.9 Å². The third-order valence-corrected chi connectivity index (χ3v) is 6.28. The summed E-state index contributed by atoms with van der Waals surface area (Å²) >= 11 is 0. The van der Waals surface area contributed by atoms with Crippen LogP contribution in [-0.2, 0) is 13.2 Å². The molecule has 0 atom stereocenters. The third kappa shape index (κ3) is 7.98. The molecule has 1 aliphatic heterocycles. The highest BCUT2D eigenvalue weighted by Gasteiger charge is 2.32. The molecular formula is C29H30F3N3O4. The Kier molecular flexibility index (Phi) is 9.11. The van der Waals surface area contributed by atoms with Gasteiger partial charge in [0.05, 0.1) is 17.8 Å². The van der Waals surface area contributed by atoms with E-state index in [1.54, 1.807) is 41.0 Å². The number of hydrogen-bond donors (Lipinski definition) is 2. The van der Waals surface area contributed by atoms with Gasteiger partial charge in [0.15, 0.2) is 0 Å². The summed E-state index contributed by atoms with van der Waals surface area (Å²) in [7, 11) is 0. The highest BCUT2D eigenvalue weighted by Crippen LogP contribution is 2.30. The van der Waals surface area contributed by atoms with E-state index in [0.29, 0.717) is 27.9 Å². The number of alkyl halides is 3. The van der Waals surface area contributed by atoms with Crippen LogP contribution in [0.5, 0.6) is 11.5 Å². The number of carboxylic acid groups (broad SMARTS) is 1. The average molecular weight is 542 g/mol. The Morgan fingerprint density at radius 3 is 2.26 bits per heavy atom. The quantitative estimate of drug-likeness (QED) is 0.271. The van der Waals surface area contributed by atoms with Gasteiger partial charge >= 0.3 is 12.3 Å². The molecule has 206 valence electrons. The molecule has 1 saturated heterocycles. The minimum Gasteiger partial charge on any atom is -0.487 e. The summed E-state index contributed by atoms with van der Waals surface area (Å²) in [5.41, 5.74) is 1.79. The first-order chi connectivity index (χ1) is 18.7. The number of aromatic nitrogens is 1. The lowest BCUT2D eigenvalue weighted by Gasteiger charge is -2.20. The topological polar surface area (TPSA) is 90.0 Å². The van der Waals surface area contributed by atoms with E-state index in [4.69, 9.17) is 10.6 Å². The standard InChI is InChI=1S/C24H18F3NO4.C5H12N2/c25-24(26,27)32-22-9-5-4-6-17(22)14-28-19(15-31-20-7-2-1-3-8-20)13-18-12-16(23(29)30)10-11-21(18)28;6-7-4-2-1-3-5-7/h1-13H,14-15H2,(H,29,30);1-6H2. The fourth-order valence-corrected chi connectivity index (χ4v) is 4.39. The number of nitrogens with zero attached hydrogens (tertiary/aromatic N) is 2. The second-order valence-corrected chi connectivity index (χ2v) is 9.15. The van der Waals surface area contributed by atoms with Crippen molar-refractivity contribution in [3.8, 4) is 11.5 Å². The first-order valence-corrected chi connectivity index (χ1v) is 12.6. The number of ether oxygens (including phenoxy) is 2. The number of hydrogen-bond acceptors (Lipinski definition) is 5. The number of carboxylic acids is 1. The summed E-state index contributed by atoms with van der Waals surface area (Å²) in [6.45, 7) is 2.42. The number of hydrazine groups is 1. The van der Waals surface area contributed by atoms with Crippen LogP contribution in [0.15, 0.2) is 78.9 Å². The zero-order valence-electron chi connectivity index (χ0n) is 21.2. The molecule has 1 fully saturated rings. The fraction of sp³-hybridized carbons (Fsp3) is 0.276. The Bertz CT molecular complexity index is 1380. The van der Waals surface area contributed by atoms with Gasteiger partial charge in [0.2, 0.25) is 0 Å². The van der Waals surface area contributed by atoms with Crippen LogP contribution < -0.4 is 15.3 Å². The van der Waals surface area contributed by atoms with Crippen LogP contribution in [0, 0.1) is 0 Å². The van der Waals surface area contributed by atoms with Crippen molar-refractivity contribution >= 4 is 16.9 Å². The summed E-state index contributed by atoms with van der Waals surface area (Å²) in [5, 5.41) is 11.8. The molecule has 0 saturated carbocycles. The van der Waals surface area contributed by atoms with Gasteiger partial charge in [0.25, 0.3) is 0 Å². The predicted octanol–water partition coefficient (Wildman–Crippen LogP) is 6.21. The van der Waals surface area contributed by atoms with Crippen molar-refractivity contribution < 1.29 is 32.5 Å². The molecule has 0 amide bonds.